The van der Waals surface area contributed by atoms with E-state index in [4.69, 9.17) is 11.6 Å². The van der Waals surface area contributed by atoms with Gasteiger partial charge in [-0.2, -0.15) is 0 Å². The first-order valence-electron chi connectivity index (χ1n) is 5.90. The highest BCUT2D eigenvalue weighted by Crippen LogP contribution is 2.25. The number of rotatable bonds is 4. The zero-order valence-electron chi connectivity index (χ0n) is 10.7. The number of nitrogens with zero attached hydrogens (tertiary/aromatic N) is 1. The first-order valence-corrected chi connectivity index (χ1v) is 7.07. The standard InChI is InChI=1S/C14H12BrClN2O2/c1-9-2-4-12(7-13(9)15)17-8-10-6-11(16)3-5-14(10)18(19)20/h2-7,17H,8H2,1H3. The number of nitro benzene ring substituents is 1. The Morgan fingerprint density at radius 3 is 2.70 bits per heavy atom. The fourth-order valence-corrected chi connectivity index (χ4v) is 2.35. The Morgan fingerprint density at radius 2 is 2.05 bits per heavy atom. The van der Waals surface area contributed by atoms with Crippen LogP contribution in [0.15, 0.2) is 40.9 Å². The summed E-state index contributed by atoms with van der Waals surface area (Å²) in [5.74, 6) is 0. The summed E-state index contributed by atoms with van der Waals surface area (Å²) in [6.45, 7) is 2.34. The van der Waals surface area contributed by atoms with Gasteiger partial charge in [-0.05, 0) is 36.8 Å². The van der Waals surface area contributed by atoms with Gasteiger partial charge in [0, 0.05) is 27.8 Å². The Labute approximate surface area is 130 Å². The molecule has 0 aromatic heterocycles. The molecule has 2 aromatic carbocycles. The Hall–Kier alpha value is -1.59. The molecular formula is C14H12BrClN2O2. The third-order valence-electron chi connectivity index (χ3n) is 2.89. The lowest BCUT2D eigenvalue weighted by Gasteiger charge is -2.09. The third kappa shape index (κ3) is 3.49. The van der Waals surface area contributed by atoms with Crippen LogP contribution in [0.1, 0.15) is 11.1 Å². The maximum Gasteiger partial charge on any atom is 0.274 e. The van der Waals surface area contributed by atoms with Gasteiger partial charge < -0.3 is 5.32 Å². The maximum absolute atomic E-state index is 11.0. The average molecular weight is 356 g/mol. The Bertz CT molecular complexity index is 662. The van der Waals surface area contributed by atoms with E-state index in [1.54, 1.807) is 6.07 Å². The van der Waals surface area contributed by atoms with Crippen LogP contribution < -0.4 is 5.32 Å². The molecule has 0 unspecified atom stereocenters. The van der Waals surface area contributed by atoms with Crippen molar-refractivity contribution < 1.29 is 4.92 Å². The van der Waals surface area contributed by atoms with E-state index in [0.29, 0.717) is 17.1 Å². The molecule has 0 saturated carbocycles. The summed E-state index contributed by atoms with van der Waals surface area (Å²) in [7, 11) is 0. The van der Waals surface area contributed by atoms with Gasteiger partial charge in [0.05, 0.1) is 10.5 Å². The molecule has 1 N–H and O–H groups in total. The summed E-state index contributed by atoms with van der Waals surface area (Å²) >= 11 is 9.34. The van der Waals surface area contributed by atoms with Gasteiger partial charge in [-0.3, -0.25) is 10.1 Å². The molecule has 0 amide bonds. The van der Waals surface area contributed by atoms with Crippen molar-refractivity contribution in [2.75, 3.05) is 5.32 Å². The predicted octanol–water partition coefficient (Wildman–Crippen LogP) is 4.93. The molecule has 0 saturated heterocycles. The molecule has 104 valence electrons. The number of hydrogen-bond donors (Lipinski definition) is 1. The summed E-state index contributed by atoms with van der Waals surface area (Å²) in [4.78, 5) is 10.6. The predicted molar refractivity (Wildman–Crippen MR) is 84.3 cm³/mol. The van der Waals surface area contributed by atoms with Crippen LogP contribution in [-0.4, -0.2) is 4.92 Å². The van der Waals surface area contributed by atoms with Crippen LogP contribution in [0.5, 0.6) is 0 Å². The summed E-state index contributed by atoms with van der Waals surface area (Å²) < 4.78 is 0.989. The zero-order valence-corrected chi connectivity index (χ0v) is 13.0. The van der Waals surface area contributed by atoms with E-state index in [1.807, 2.05) is 25.1 Å². The molecule has 2 rings (SSSR count). The molecule has 0 aliphatic rings. The molecule has 4 nitrogen and oxygen atoms in total. The van der Waals surface area contributed by atoms with E-state index < -0.39 is 4.92 Å². The van der Waals surface area contributed by atoms with Gasteiger partial charge in [0.2, 0.25) is 0 Å². The first kappa shape index (κ1) is 14.8. The van der Waals surface area contributed by atoms with Gasteiger partial charge in [0.1, 0.15) is 0 Å². The highest BCUT2D eigenvalue weighted by Gasteiger charge is 2.13. The van der Waals surface area contributed by atoms with E-state index in [2.05, 4.69) is 21.2 Å². The van der Waals surface area contributed by atoms with Crippen molar-refractivity contribution in [3.63, 3.8) is 0 Å². The lowest BCUT2D eigenvalue weighted by Crippen LogP contribution is -2.03. The van der Waals surface area contributed by atoms with Gasteiger partial charge >= 0.3 is 0 Å². The van der Waals surface area contributed by atoms with Crippen molar-refractivity contribution in [3.05, 3.63) is 67.1 Å². The number of anilines is 1. The van der Waals surface area contributed by atoms with Crippen LogP contribution in [0.3, 0.4) is 0 Å². The number of hydrogen-bond acceptors (Lipinski definition) is 3. The molecule has 0 aliphatic carbocycles. The Morgan fingerprint density at radius 1 is 1.30 bits per heavy atom. The summed E-state index contributed by atoms with van der Waals surface area (Å²) in [6.07, 6.45) is 0. The van der Waals surface area contributed by atoms with E-state index in [0.717, 1.165) is 15.7 Å². The molecule has 0 bridgehead atoms. The molecular weight excluding hydrogens is 344 g/mol. The van der Waals surface area contributed by atoms with Crippen LogP contribution >= 0.6 is 27.5 Å². The molecule has 0 aliphatic heterocycles. The summed E-state index contributed by atoms with van der Waals surface area (Å²) in [5, 5.41) is 14.6. The topological polar surface area (TPSA) is 55.2 Å². The monoisotopic (exact) mass is 354 g/mol. The number of benzene rings is 2. The van der Waals surface area contributed by atoms with Crippen LogP contribution in [0.4, 0.5) is 11.4 Å². The highest BCUT2D eigenvalue weighted by atomic mass is 79.9. The van der Waals surface area contributed by atoms with Crippen LogP contribution in [0.25, 0.3) is 0 Å². The Kier molecular flexibility index (Phi) is 4.62. The second-order valence-electron chi connectivity index (χ2n) is 4.35. The molecule has 0 heterocycles. The van der Waals surface area contributed by atoms with Gasteiger partial charge in [-0.25, -0.2) is 0 Å². The lowest BCUT2D eigenvalue weighted by atomic mass is 10.1. The molecule has 0 fully saturated rings. The molecule has 0 atom stereocenters. The van der Waals surface area contributed by atoms with Gasteiger partial charge in [-0.1, -0.05) is 33.6 Å². The molecule has 0 spiro atoms. The van der Waals surface area contributed by atoms with Crippen molar-refractivity contribution in [3.8, 4) is 0 Å². The number of aryl methyl sites for hydroxylation is 1. The SMILES string of the molecule is Cc1ccc(NCc2cc(Cl)ccc2[N+](=O)[O-])cc1Br. The van der Waals surface area contributed by atoms with E-state index >= 15 is 0 Å². The summed E-state index contributed by atoms with van der Waals surface area (Å²) in [6, 6.07) is 10.4. The molecule has 0 radical (unpaired) electrons. The van der Waals surface area contributed by atoms with Crippen molar-refractivity contribution in [1.82, 2.24) is 0 Å². The van der Waals surface area contributed by atoms with Crippen molar-refractivity contribution in [2.45, 2.75) is 13.5 Å². The second kappa shape index (κ2) is 6.24. The van der Waals surface area contributed by atoms with Crippen LogP contribution in [-0.2, 0) is 6.54 Å². The Balaban J connectivity index is 2.20. The number of nitrogens with one attached hydrogen (secondary N) is 1. The van der Waals surface area contributed by atoms with Gasteiger partial charge in [-0.15, -0.1) is 0 Å². The van der Waals surface area contributed by atoms with Crippen molar-refractivity contribution in [2.24, 2.45) is 0 Å². The largest absolute Gasteiger partial charge is 0.381 e. The quantitative estimate of drug-likeness (QED) is 0.625. The zero-order chi connectivity index (χ0) is 14.7. The summed E-state index contributed by atoms with van der Waals surface area (Å²) in [5.41, 5.74) is 2.63. The van der Waals surface area contributed by atoms with Crippen LogP contribution in [0, 0.1) is 17.0 Å². The molecule has 6 heteroatoms. The van der Waals surface area contributed by atoms with Crippen LogP contribution in [0.2, 0.25) is 5.02 Å². The lowest BCUT2D eigenvalue weighted by molar-refractivity contribution is -0.385. The first-order chi connectivity index (χ1) is 9.47. The average Bonchev–Trinajstić information content (AvgIpc) is 2.40. The fraction of sp³-hybridized carbons (Fsp3) is 0.143. The third-order valence-corrected chi connectivity index (χ3v) is 3.98. The highest BCUT2D eigenvalue weighted by molar-refractivity contribution is 9.10. The minimum atomic E-state index is -0.404. The van der Waals surface area contributed by atoms with Crippen molar-refractivity contribution in [1.29, 1.82) is 0 Å². The maximum atomic E-state index is 11.0. The minimum absolute atomic E-state index is 0.0630. The minimum Gasteiger partial charge on any atom is -0.381 e. The molecule has 2 aromatic rings. The van der Waals surface area contributed by atoms with Gasteiger partial charge in [0.25, 0.3) is 5.69 Å². The van der Waals surface area contributed by atoms with Gasteiger partial charge in [0.15, 0.2) is 0 Å². The normalized spacial score (nSPS) is 10.3. The van der Waals surface area contributed by atoms with Crippen molar-refractivity contribution >= 4 is 38.9 Å². The smallest absolute Gasteiger partial charge is 0.274 e. The van der Waals surface area contributed by atoms with E-state index in [1.165, 1.54) is 12.1 Å². The second-order valence-corrected chi connectivity index (χ2v) is 5.64. The molecule has 20 heavy (non-hydrogen) atoms. The number of halogens is 2. The van der Waals surface area contributed by atoms with E-state index in [-0.39, 0.29) is 5.69 Å². The number of nitro groups is 1. The van der Waals surface area contributed by atoms with E-state index in [9.17, 15) is 10.1 Å². The fourth-order valence-electron chi connectivity index (χ4n) is 1.77.